The van der Waals surface area contributed by atoms with Crippen molar-refractivity contribution in [1.29, 1.82) is 0 Å². The number of phenols is 1. The van der Waals surface area contributed by atoms with E-state index in [1.165, 1.54) is 12.1 Å². The van der Waals surface area contributed by atoms with Crippen molar-refractivity contribution in [3.63, 3.8) is 0 Å². The summed E-state index contributed by atoms with van der Waals surface area (Å²) in [6.45, 7) is -0.337. The maximum absolute atomic E-state index is 13.3. The Morgan fingerprint density at radius 3 is 2.45 bits per heavy atom. The molecule has 0 aliphatic carbocycles. The number of aromatic hydroxyl groups is 1. The molecule has 3 rings (SSSR count). The van der Waals surface area contributed by atoms with Crippen LogP contribution >= 0.6 is 23.2 Å². The van der Waals surface area contributed by atoms with E-state index in [1.807, 2.05) is 0 Å². The molecule has 6 nitrogen and oxygen atoms in total. The standard InChI is InChI=1S/C17H9Cl2F4N3O3/c18-10-4-8(5-11(19)13(10)27)14-25-16(29-26-14)15(28)24-6-7-1-2-12(20)9(3-7)17(21,22)23/h1-5,27H,6H2,(H,24,28). The van der Waals surface area contributed by atoms with Gasteiger partial charge in [-0.05, 0) is 29.8 Å². The van der Waals surface area contributed by atoms with Crippen molar-refractivity contribution >= 4 is 29.1 Å². The summed E-state index contributed by atoms with van der Waals surface area (Å²) in [4.78, 5) is 16.0. The number of halogens is 6. The van der Waals surface area contributed by atoms with Gasteiger partial charge in [-0.25, -0.2) is 4.39 Å². The van der Waals surface area contributed by atoms with Gasteiger partial charge >= 0.3 is 18.0 Å². The van der Waals surface area contributed by atoms with Crippen LogP contribution in [0, 0.1) is 5.82 Å². The van der Waals surface area contributed by atoms with Crippen molar-refractivity contribution in [2.75, 3.05) is 0 Å². The monoisotopic (exact) mass is 449 g/mol. The average Bonchev–Trinajstić information content (AvgIpc) is 3.14. The van der Waals surface area contributed by atoms with Gasteiger partial charge in [0.2, 0.25) is 5.82 Å². The lowest BCUT2D eigenvalue weighted by Gasteiger charge is -2.10. The number of carbonyl (C=O) groups excluding carboxylic acids is 1. The summed E-state index contributed by atoms with van der Waals surface area (Å²) < 4.78 is 56.3. The minimum absolute atomic E-state index is 0.0175. The highest BCUT2D eigenvalue weighted by atomic mass is 35.5. The summed E-state index contributed by atoms with van der Waals surface area (Å²) in [5.41, 5.74) is -1.16. The molecule has 152 valence electrons. The Labute approximate surface area is 170 Å². The highest BCUT2D eigenvalue weighted by Gasteiger charge is 2.34. The molecular weight excluding hydrogens is 441 g/mol. The summed E-state index contributed by atoms with van der Waals surface area (Å²) >= 11 is 11.6. The Hall–Kier alpha value is -2.85. The van der Waals surface area contributed by atoms with Crippen molar-refractivity contribution in [3.05, 3.63) is 63.2 Å². The van der Waals surface area contributed by atoms with Crippen molar-refractivity contribution < 1.29 is 32.0 Å². The van der Waals surface area contributed by atoms with Crippen LogP contribution in [0.4, 0.5) is 17.6 Å². The number of carbonyl (C=O) groups is 1. The first-order chi connectivity index (χ1) is 13.6. The van der Waals surface area contributed by atoms with Gasteiger partial charge in [0, 0.05) is 12.1 Å². The van der Waals surface area contributed by atoms with Crippen LogP contribution in [0.25, 0.3) is 11.4 Å². The summed E-state index contributed by atoms with van der Waals surface area (Å²) in [6, 6.07) is 4.95. The van der Waals surface area contributed by atoms with Gasteiger partial charge in [0.1, 0.15) is 5.82 Å². The largest absolute Gasteiger partial charge is 0.505 e. The SMILES string of the molecule is O=C(NCc1ccc(F)c(C(F)(F)F)c1)c1nc(-c2cc(Cl)c(O)c(Cl)c2)no1. The van der Waals surface area contributed by atoms with Crippen molar-refractivity contribution in [2.24, 2.45) is 0 Å². The molecule has 0 atom stereocenters. The number of nitrogens with one attached hydrogen (secondary N) is 1. The molecule has 12 heteroatoms. The number of hydrogen-bond acceptors (Lipinski definition) is 5. The third-order valence-corrected chi connectivity index (χ3v) is 4.26. The fourth-order valence-electron chi connectivity index (χ4n) is 2.29. The first-order valence-corrected chi connectivity index (χ1v) is 8.47. The summed E-state index contributed by atoms with van der Waals surface area (Å²) in [6.07, 6.45) is -4.86. The highest BCUT2D eigenvalue weighted by Crippen LogP contribution is 2.35. The van der Waals surface area contributed by atoms with Gasteiger partial charge in [-0.3, -0.25) is 4.79 Å². The molecule has 2 aromatic carbocycles. The van der Waals surface area contributed by atoms with Crippen LogP contribution in [-0.2, 0) is 12.7 Å². The predicted molar refractivity (Wildman–Crippen MR) is 94.0 cm³/mol. The second-order valence-electron chi connectivity index (χ2n) is 5.71. The molecule has 0 spiro atoms. The van der Waals surface area contributed by atoms with E-state index in [4.69, 9.17) is 27.7 Å². The van der Waals surface area contributed by atoms with Crippen LogP contribution in [0.15, 0.2) is 34.9 Å². The fourth-order valence-corrected chi connectivity index (χ4v) is 2.77. The highest BCUT2D eigenvalue weighted by molar-refractivity contribution is 6.37. The molecule has 0 saturated heterocycles. The first kappa shape index (κ1) is 20.9. The zero-order valence-corrected chi connectivity index (χ0v) is 15.5. The van der Waals surface area contributed by atoms with Crippen LogP contribution in [0.2, 0.25) is 10.0 Å². The first-order valence-electron chi connectivity index (χ1n) is 7.72. The Morgan fingerprint density at radius 1 is 1.17 bits per heavy atom. The number of hydrogen-bond donors (Lipinski definition) is 2. The number of rotatable bonds is 4. The van der Waals surface area contributed by atoms with E-state index in [2.05, 4.69) is 15.5 Å². The smallest absolute Gasteiger partial charge is 0.419 e. The maximum Gasteiger partial charge on any atom is 0.419 e. The Bertz CT molecular complexity index is 1060. The molecule has 2 N–H and O–H groups in total. The lowest BCUT2D eigenvalue weighted by molar-refractivity contribution is -0.140. The van der Waals surface area contributed by atoms with Crippen LogP contribution in [-0.4, -0.2) is 21.2 Å². The van der Waals surface area contributed by atoms with E-state index in [-0.39, 0.29) is 39.3 Å². The van der Waals surface area contributed by atoms with Gasteiger partial charge in [0.15, 0.2) is 5.75 Å². The summed E-state index contributed by atoms with van der Waals surface area (Å²) in [5, 5.41) is 15.3. The molecule has 1 heterocycles. The van der Waals surface area contributed by atoms with E-state index >= 15 is 0 Å². The lowest BCUT2D eigenvalue weighted by atomic mass is 10.1. The van der Waals surface area contributed by atoms with E-state index in [0.29, 0.717) is 12.1 Å². The second kappa shape index (κ2) is 7.88. The third kappa shape index (κ3) is 4.60. The molecule has 0 aliphatic heterocycles. The minimum atomic E-state index is -4.86. The number of alkyl halides is 3. The molecule has 0 fully saturated rings. The van der Waals surface area contributed by atoms with Crippen LogP contribution < -0.4 is 5.32 Å². The number of aromatic nitrogens is 2. The van der Waals surface area contributed by atoms with Gasteiger partial charge in [-0.1, -0.05) is 34.4 Å². The van der Waals surface area contributed by atoms with E-state index in [0.717, 1.165) is 6.07 Å². The number of amides is 1. The minimum Gasteiger partial charge on any atom is -0.505 e. The zero-order chi connectivity index (χ0) is 21.3. The van der Waals surface area contributed by atoms with E-state index < -0.39 is 29.4 Å². The van der Waals surface area contributed by atoms with Gasteiger partial charge in [-0.2, -0.15) is 18.2 Å². The third-order valence-electron chi connectivity index (χ3n) is 3.68. The predicted octanol–water partition coefficient (Wildman–Crippen LogP) is 4.84. The van der Waals surface area contributed by atoms with Crippen LogP contribution in [0.5, 0.6) is 5.75 Å². The van der Waals surface area contributed by atoms with Crippen molar-refractivity contribution in [2.45, 2.75) is 12.7 Å². The molecular formula is C17H9Cl2F4N3O3. The molecule has 1 amide bonds. The topological polar surface area (TPSA) is 88.2 Å². The van der Waals surface area contributed by atoms with Gasteiger partial charge in [0.05, 0.1) is 15.6 Å². The Morgan fingerprint density at radius 2 is 1.83 bits per heavy atom. The number of benzene rings is 2. The molecule has 0 unspecified atom stereocenters. The van der Waals surface area contributed by atoms with Crippen molar-refractivity contribution in [3.8, 4) is 17.1 Å². The Kier molecular flexibility index (Phi) is 5.67. The molecule has 0 saturated carbocycles. The normalized spacial score (nSPS) is 11.5. The van der Waals surface area contributed by atoms with Gasteiger partial charge < -0.3 is 14.9 Å². The van der Waals surface area contributed by atoms with Crippen LogP contribution in [0.1, 0.15) is 21.8 Å². The number of phenolic OH excluding ortho intramolecular Hbond substituents is 1. The maximum atomic E-state index is 13.3. The number of nitrogens with zero attached hydrogens (tertiary/aromatic N) is 2. The second-order valence-corrected chi connectivity index (χ2v) is 6.52. The molecule has 0 bridgehead atoms. The van der Waals surface area contributed by atoms with Crippen molar-refractivity contribution in [1.82, 2.24) is 15.5 Å². The average molecular weight is 450 g/mol. The molecule has 0 radical (unpaired) electrons. The van der Waals surface area contributed by atoms with Gasteiger partial charge in [-0.15, -0.1) is 0 Å². The van der Waals surface area contributed by atoms with E-state index in [9.17, 15) is 27.5 Å². The Balaban J connectivity index is 1.73. The zero-order valence-electron chi connectivity index (χ0n) is 14.0. The molecule has 3 aromatic rings. The van der Waals surface area contributed by atoms with Crippen LogP contribution in [0.3, 0.4) is 0 Å². The summed E-state index contributed by atoms with van der Waals surface area (Å²) in [5.74, 6) is -3.15. The fraction of sp³-hybridized carbons (Fsp3) is 0.118. The van der Waals surface area contributed by atoms with Gasteiger partial charge in [0.25, 0.3) is 0 Å². The van der Waals surface area contributed by atoms with E-state index in [1.54, 1.807) is 0 Å². The quantitative estimate of drug-likeness (QED) is 0.556. The lowest BCUT2D eigenvalue weighted by Crippen LogP contribution is -2.23. The molecule has 0 aliphatic rings. The molecule has 1 aromatic heterocycles. The molecule has 29 heavy (non-hydrogen) atoms. The summed E-state index contributed by atoms with van der Waals surface area (Å²) in [7, 11) is 0.